The number of sulfone groups is 1. The molecule has 0 amide bonds. The minimum atomic E-state index is -2.90. The third-order valence-corrected chi connectivity index (χ3v) is 5.90. The highest BCUT2D eigenvalue weighted by Gasteiger charge is 2.31. The summed E-state index contributed by atoms with van der Waals surface area (Å²) < 4.78 is 23.1. The Hall–Kier alpha value is -1.27. The molecule has 2 atom stereocenters. The van der Waals surface area contributed by atoms with Crippen LogP contribution in [0.4, 0.5) is 5.69 Å². The van der Waals surface area contributed by atoms with Crippen molar-refractivity contribution in [2.24, 2.45) is 0 Å². The van der Waals surface area contributed by atoms with E-state index >= 15 is 0 Å². The molecule has 1 aromatic carbocycles. The fourth-order valence-corrected chi connectivity index (χ4v) is 4.60. The van der Waals surface area contributed by atoms with Gasteiger partial charge >= 0.3 is 0 Å². The van der Waals surface area contributed by atoms with Crippen LogP contribution < -0.4 is 10.2 Å². The molecule has 0 spiro atoms. The smallest absolute Gasteiger partial charge is 0.152 e. The SMILES string of the molecule is CCNC(C)c1ccc(N(C)C2CCS(=O)(=O)C2)cc1O. The van der Waals surface area contributed by atoms with E-state index < -0.39 is 9.84 Å². The van der Waals surface area contributed by atoms with Gasteiger partial charge in [0.2, 0.25) is 0 Å². The van der Waals surface area contributed by atoms with Gasteiger partial charge in [-0.2, -0.15) is 0 Å². The van der Waals surface area contributed by atoms with Crippen molar-refractivity contribution in [1.29, 1.82) is 0 Å². The number of phenolic OH excluding ortho intramolecular Hbond substituents is 1. The fourth-order valence-electron chi connectivity index (χ4n) is 2.83. The lowest BCUT2D eigenvalue weighted by Gasteiger charge is -2.26. The monoisotopic (exact) mass is 312 g/mol. The summed E-state index contributed by atoms with van der Waals surface area (Å²) in [4.78, 5) is 1.95. The van der Waals surface area contributed by atoms with Gasteiger partial charge in [0.05, 0.1) is 11.5 Å². The summed E-state index contributed by atoms with van der Waals surface area (Å²) in [6, 6.07) is 5.63. The van der Waals surface area contributed by atoms with E-state index in [2.05, 4.69) is 5.32 Å². The van der Waals surface area contributed by atoms with Gasteiger partial charge in [0.1, 0.15) is 5.75 Å². The van der Waals surface area contributed by atoms with Gasteiger partial charge in [-0.1, -0.05) is 13.0 Å². The first-order valence-electron chi connectivity index (χ1n) is 7.33. The molecule has 2 rings (SSSR count). The third kappa shape index (κ3) is 3.68. The Balaban J connectivity index is 2.16. The molecule has 1 heterocycles. The van der Waals surface area contributed by atoms with E-state index in [9.17, 15) is 13.5 Å². The van der Waals surface area contributed by atoms with E-state index in [1.165, 1.54) is 0 Å². The van der Waals surface area contributed by atoms with Gasteiger partial charge in [0.25, 0.3) is 0 Å². The normalized spacial score (nSPS) is 22.1. The molecule has 1 fully saturated rings. The van der Waals surface area contributed by atoms with Gasteiger partial charge in [-0.05, 0) is 26.0 Å². The zero-order chi connectivity index (χ0) is 15.6. The molecule has 0 aliphatic carbocycles. The minimum absolute atomic E-state index is 0.00793. The molecule has 21 heavy (non-hydrogen) atoms. The lowest BCUT2D eigenvalue weighted by molar-refractivity contribution is 0.454. The second-order valence-corrected chi connectivity index (χ2v) is 7.92. The summed E-state index contributed by atoms with van der Waals surface area (Å²) in [5, 5.41) is 13.5. The van der Waals surface area contributed by atoms with Crippen LogP contribution in [-0.2, 0) is 9.84 Å². The highest BCUT2D eigenvalue weighted by molar-refractivity contribution is 7.91. The van der Waals surface area contributed by atoms with Gasteiger partial charge in [0.15, 0.2) is 9.84 Å². The minimum Gasteiger partial charge on any atom is -0.508 e. The van der Waals surface area contributed by atoms with Crippen LogP contribution >= 0.6 is 0 Å². The molecule has 1 saturated heterocycles. The van der Waals surface area contributed by atoms with Crippen LogP contribution in [0.3, 0.4) is 0 Å². The first-order chi connectivity index (χ1) is 9.84. The molecule has 5 nitrogen and oxygen atoms in total. The van der Waals surface area contributed by atoms with Crippen LogP contribution in [-0.4, -0.2) is 44.7 Å². The van der Waals surface area contributed by atoms with E-state index in [-0.39, 0.29) is 29.3 Å². The van der Waals surface area contributed by atoms with Crippen molar-refractivity contribution in [3.63, 3.8) is 0 Å². The predicted molar refractivity (Wildman–Crippen MR) is 85.7 cm³/mol. The van der Waals surface area contributed by atoms with Gasteiger partial charge in [-0.3, -0.25) is 0 Å². The molecule has 6 heteroatoms. The summed E-state index contributed by atoms with van der Waals surface area (Å²) >= 11 is 0. The van der Waals surface area contributed by atoms with Crippen LogP contribution in [0.1, 0.15) is 31.9 Å². The van der Waals surface area contributed by atoms with E-state index in [0.29, 0.717) is 6.42 Å². The Bertz CT molecular complexity index is 601. The predicted octanol–water partition coefficient (Wildman–Crippen LogP) is 1.69. The molecule has 2 N–H and O–H groups in total. The van der Waals surface area contributed by atoms with Crippen molar-refractivity contribution in [2.75, 3.05) is 30.0 Å². The van der Waals surface area contributed by atoms with Crippen LogP contribution in [0.2, 0.25) is 0 Å². The summed E-state index contributed by atoms with van der Waals surface area (Å²) in [6.07, 6.45) is 0.648. The number of benzene rings is 1. The molecule has 0 saturated carbocycles. The molecule has 1 aromatic rings. The first-order valence-corrected chi connectivity index (χ1v) is 9.15. The summed E-state index contributed by atoms with van der Waals surface area (Å²) in [5.74, 6) is 0.692. The van der Waals surface area contributed by atoms with E-state index in [1.807, 2.05) is 37.9 Å². The average Bonchev–Trinajstić information content (AvgIpc) is 2.78. The maximum atomic E-state index is 11.6. The van der Waals surface area contributed by atoms with Crippen molar-refractivity contribution in [2.45, 2.75) is 32.4 Å². The number of hydrogen-bond donors (Lipinski definition) is 2. The largest absolute Gasteiger partial charge is 0.508 e. The lowest BCUT2D eigenvalue weighted by atomic mass is 10.1. The Kier molecular flexibility index (Phi) is 4.78. The maximum Gasteiger partial charge on any atom is 0.152 e. The quantitative estimate of drug-likeness (QED) is 0.866. The fraction of sp³-hybridized carbons (Fsp3) is 0.600. The summed E-state index contributed by atoms with van der Waals surface area (Å²) in [6.45, 7) is 4.86. The highest BCUT2D eigenvalue weighted by Crippen LogP contribution is 2.30. The lowest BCUT2D eigenvalue weighted by Crippen LogP contribution is -2.32. The molecule has 2 unspecified atom stereocenters. The topological polar surface area (TPSA) is 69.6 Å². The zero-order valence-electron chi connectivity index (χ0n) is 12.8. The van der Waals surface area contributed by atoms with Crippen molar-refractivity contribution in [3.05, 3.63) is 23.8 Å². The van der Waals surface area contributed by atoms with Crippen molar-refractivity contribution < 1.29 is 13.5 Å². The molecule has 0 aromatic heterocycles. The van der Waals surface area contributed by atoms with Crippen molar-refractivity contribution >= 4 is 15.5 Å². The first kappa shape index (κ1) is 16.1. The van der Waals surface area contributed by atoms with Gasteiger partial charge in [0, 0.05) is 36.4 Å². The van der Waals surface area contributed by atoms with Crippen LogP contribution in [0.15, 0.2) is 18.2 Å². The number of anilines is 1. The Labute approximate surface area is 126 Å². The number of nitrogens with one attached hydrogen (secondary N) is 1. The zero-order valence-corrected chi connectivity index (χ0v) is 13.7. The molecule has 0 radical (unpaired) electrons. The molecule has 0 bridgehead atoms. The molecule has 1 aliphatic rings. The number of rotatable bonds is 5. The standard InChI is InChI=1S/C15H24N2O3S/c1-4-16-11(2)14-6-5-12(9-15(14)18)17(3)13-7-8-21(19,20)10-13/h5-6,9,11,13,16,18H,4,7-8,10H2,1-3H3. The Morgan fingerprint density at radius 3 is 2.71 bits per heavy atom. The Morgan fingerprint density at radius 2 is 2.19 bits per heavy atom. The molecule has 1 aliphatic heterocycles. The second-order valence-electron chi connectivity index (χ2n) is 5.69. The summed E-state index contributed by atoms with van der Waals surface area (Å²) in [5.41, 5.74) is 1.70. The number of hydrogen-bond acceptors (Lipinski definition) is 5. The van der Waals surface area contributed by atoms with E-state index in [0.717, 1.165) is 17.8 Å². The van der Waals surface area contributed by atoms with Crippen LogP contribution in [0.5, 0.6) is 5.75 Å². The van der Waals surface area contributed by atoms with Crippen molar-refractivity contribution in [1.82, 2.24) is 5.32 Å². The molecular weight excluding hydrogens is 288 g/mol. The number of nitrogens with zero attached hydrogens (tertiary/aromatic N) is 1. The number of phenols is 1. The number of aromatic hydroxyl groups is 1. The maximum absolute atomic E-state index is 11.6. The van der Waals surface area contributed by atoms with Gasteiger partial charge in [-0.25, -0.2) is 8.42 Å². The van der Waals surface area contributed by atoms with Crippen LogP contribution in [0, 0.1) is 0 Å². The van der Waals surface area contributed by atoms with E-state index in [1.54, 1.807) is 6.07 Å². The summed E-state index contributed by atoms with van der Waals surface area (Å²) in [7, 11) is -1.02. The molecule has 118 valence electrons. The highest BCUT2D eigenvalue weighted by atomic mass is 32.2. The molecular formula is C15H24N2O3S. The van der Waals surface area contributed by atoms with E-state index in [4.69, 9.17) is 0 Å². The van der Waals surface area contributed by atoms with Gasteiger partial charge in [-0.15, -0.1) is 0 Å². The second kappa shape index (κ2) is 6.23. The van der Waals surface area contributed by atoms with Crippen LogP contribution in [0.25, 0.3) is 0 Å². The average molecular weight is 312 g/mol. The van der Waals surface area contributed by atoms with Gasteiger partial charge < -0.3 is 15.3 Å². The van der Waals surface area contributed by atoms with Crippen molar-refractivity contribution in [3.8, 4) is 5.75 Å². The Morgan fingerprint density at radius 1 is 1.48 bits per heavy atom. The third-order valence-electron chi connectivity index (χ3n) is 4.15.